The predicted octanol–water partition coefficient (Wildman–Crippen LogP) is 0.0204. The SMILES string of the molecule is N#Cc1cc(N2CCOCC2=O)ccc1C(N)=O. The second-order valence-corrected chi connectivity index (χ2v) is 3.80. The summed E-state index contributed by atoms with van der Waals surface area (Å²) in [6.45, 7) is 0.907. The van der Waals surface area contributed by atoms with Gasteiger partial charge in [-0.1, -0.05) is 0 Å². The third-order valence-electron chi connectivity index (χ3n) is 2.69. The zero-order valence-electron chi connectivity index (χ0n) is 9.55. The number of rotatable bonds is 2. The Morgan fingerprint density at radius 1 is 1.50 bits per heavy atom. The number of amides is 2. The maximum Gasteiger partial charge on any atom is 0.253 e. The molecule has 0 atom stereocenters. The molecule has 0 bridgehead atoms. The van der Waals surface area contributed by atoms with Crippen molar-refractivity contribution in [3.05, 3.63) is 29.3 Å². The third-order valence-corrected chi connectivity index (χ3v) is 2.69. The molecule has 1 aliphatic rings. The Kier molecular flexibility index (Phi) is 3.26. The number of carbonyl (C=O) groups is 2. The molecule has 1 heterocycles. The monoisotopic (exact) mass is 245 g/mol. The van der Waals surface area contributed by atoms with Crippen molar-refractivity contribution in [1.29, 1.82) is 5.26 Å². The lowest BCUT2D eigenvalue weighted by Crippen LogP contribution is -2.41. The zero-order valence-corrected chi connectivity index (χ0v) is 9.55. The molecule has 0 aliphatic carbocycles. The van der Waals surface area contributed by atoms with Crippen LogP contribution in [0.3, 0.4) is 0 Å². The minimum atomic E-state index is -0.661. The highest BCUT2D eigenvalue weighted by Crippen LogP contribution is 2.20. The summed E-state index contributed by atoms with van der Waals surface area (Å²) in [5.74, 6) is -0.830. The van der Waals surface area contributed by atoms with Gasteiger partial charge in [-0.2, -0.15) is 5.26 Å². The molecule has 2 N–H and O–H groups in total. The molecule has 1 aromatic rings. The molecule has 2 rings (SSSR count). The number of carbonyl (C=O) groups excluding carboxylic acids is 2. The fourth-order valence-corrected chi connectivity index (χ4v) is 1.80. The van der Waals surface area contributed by atoms with Crippen molar-refractivity contribution in [2.75, 3.05) is 24.7 Å². The molecule has 6 nitrogen and oxygen atoms in total. The molecular weight excluding hydrogens is 234 g/mol. The Morgan fingerprint density at radius 3 is 2.89 bits per heavy atom. The van der Waals surface area contributed by atoms with Crippen LogP contribution in [0.2, 0.25) is 0 Å². The summed E-state index contributed by atoms with van der Waals surface area (Å²) in [4.78, 5) is 24.3. The average molecular weight is 245 g/mol. The van der Waals surface area contributed by atoms with Crippen LogP contribution in [0.25, 0.3) is 0 Å². The first-order valence-electron chi connectivity index (χ1n) is 5.35. The molecule has 0 unspecified atom stereocenters. The minimum absolute atomic E-state index is 0.0272. The van der Waals surface area contributed by atoms with Crippen molar-refractivity contribution in [1.82, 2.24) is 0 Å². The van der Waals surface area contributed by atoms with Crippen LogP contribution in [0.1, 0.15) is 15.9 Å². The standard InChI is InChI=1S/C12H11N3O3/c13-6-8-5-9(1-2-10(8)12(14)17)15-3-4-18-7-11(15)16/h1-2,5H,3-4,7H2,(H2,14,17). The van der Waals surface area contributed by atoms with E-state index in [2.05, 4.69) is 0 Å². The van der Waals surface area contributed by atoms with E-state index in [0.29, 0.717) is 18.8 Å². The highest BCUT2D eigenvalue weighted by atomic mass is 16.5. The van der Waals surface area contributed by atoms with Crippen molar-refractivity contribution >= 4 is 17.5 Å². The van der Waals surface area contributed by atoms with E-state index in [4.69, 9.17) is 15.7 Å². The molecule has 92 valence electrons. The minimum Gasteiger partial charge on any atom is -0.370 e. The van der Waals surface area contributed by atoms with Gasteiger partial charge >= 0.3 is 0 Å². The normalized spacial score (nSPS) is 15.3. The van der Waals surface area contributed by atoms with Gasteiger partial charge in [-0.15, -0.1) is 0 Å². The van der Waals surface area contributed by atoms with Gasteiger partial charge in [-0.05, 0) is 18.2 Å². The number of nitriles is 1. The van der Waals surface area contributed by atoms with Gasteiger partial charge in [0, 0.05) is 12.2 Å². The van der Waals surface area contributed by atoms with Crippen molar-refractivity contribution in [2.45, 2.75) is 0 Å². The Hall–Kier alpha value is -2.39. The fraction of sp³-hybridized carbons (Fsp3) is 0.250. The maximum atomic E-state index is 11.6. The van der Waals surface area contributed by atoms with Gasteiger partial charge in [0.05, 0.1) is 17.7 Å². The summed E-state index contributed by atoms with van der Waals surface area (Å²) >= 11 is 0. The summed E-state index contributed by atoms with van der Waals surface area (Å²) < 4.78 is 5.02. The number of primary amides is 1. The van der Waals surface area contributed by atoms with Crippen molar-refractivity contribution in [2.24, 2.45) is 5.73 Å². The van der Waals surface area contributed by atoms with Crippen LogP contribution in [-0.2, 0) is 9.53 Å². The first kappa shape index (κ1) is 12.1. The van der Waals surface area contributed by atoms with Crippen LogP contribution in [0.5, 0.6) is 0 Å². The molecule has 1 saturated heterocycles. The number of hydrogen-bond acceptors (Lipinski definition) is 4. The van der Waals surface area contributed by atoms with Gasteiger partial charge in [0.25, 0.3) is 5.91 Å². The van der Waals surface area contributed by atoms with Crippen LogP contribution in [0.4, 0.5) is 5.69 Å². The predicted molar refractivity (Wildman–Crippen MR) is 62.8 cm³/mol. The lowest BCUT2D eigenvalue weighted by Gasteiger charge is -2.27. The molecule has 2 amide bonds. The smallest absolute Gasteiger partial charge is 0.253 e. The van der Waals surface area contributed by atoms with E-state index in [0.717, 1.165) is 0 Å². The molecule has 0 spiro atoms. The molecule has 0 saturated carbocycles. The Balaban J connectivity index is 2.38. The molecule has 0 aromatic heterocycles. The van der Waals surface area contributed by atoms with Gasteiger partial charge in [-0.25, -0.2) is 0 Å². The molecule has 6 heteroatoms. The molecule has 1 fully saturated rings. The molecule has 1 aromatic carbocycles. The number of nitrogens with zero attached hydrogens (tertiary/aromatic N) is 2. The molecular formula is C12H11N3O3. The van der Waals surface area contributed by atoms with Crippen molar-refractivity contribution in [3.8, 4) is 6.07 Å². The van der Waals surface area contributed by atoms with Crippen molar-refractivity contribution < 1.29 is 14.3 Å². The summed E-state index contributed by atoms with van der Waals surface area (Å²) in [6.07, 6.45) is 0. The Morgan fingerprint density at radius 2 is 2.28 bits per heavy atom. The van der Waals surface area contributed by atoms with E-state index in [1.807, 2.05) is 6.07 Å². The topological polar surface area (TPSA) is 96.4 Å². The van der Waals surface area contributed by atoms with Gasteiger partial charge in [0.15, 0.2) is 0 Å². The quantitative estimate of drug-likeness (QED) is 0.794. The number of ether oxygens (including phenoxy) is 1. The fourth-order valence-electron chi connectivity index (χ4n) is 1.80. The molecule has 0 radical (unpaired) electrons. The van der Waals surface area contributed by atoms with Gasteiger partial charge in [-0.3, -0.25) is 9.59 Å². The van der Waals surface area contributed by atoms with Crippen LogP contribution >= 0.6 is 0 Å². The van der Waals surface area contributed by atoms with Gasteiger partial charge < -0.3 is 15.4 Å². The summed E-state index contributed by atoms with van der Waals surface area (Å²) in [6, 6.07) is 6.45. The first-order valence-corrected chi connectivity index (χ1v) is 5.35. The lowest BCUT2D eigenvalue weighted by atomic mass is 10.1. The van der Waals surface area contributed by atoms with Gasteiger partial charge in [0.2, 0.25) is 5.91 Å². The van der Waals surface area contributed by atoms with Gasteiger partial charge in [0.1, 0.15) is 12.7 Å². The number of hydrogen-bond donors (Lipinski definition) is 1. The third kappa shape index (κ3) is 2.17. The van der Waals surface area contributed by atoms with E-state index in [-0.39, 0.29) is 23.6 Å². The van der Waals surface area contributed by atoms with Crippen LogP contribution in [-0.4, -0.2) is 31.6 Å². The van der Waals surface area contributed by atoms with E-state index >= 15 is 0 Å². The summed E-state index contributed by atoms with van der Waals surface area (Å²) in [5, 5.41) is 8.97. The second-order valence-electron chi connectivity index (χ2n) is 3.80. The van der Waals surface area contributed by atoms with E-state index in [9.17, 15) is 9.59 Å². The van der Waals surface area contributed by atoms with Crippen molar-refractivity contribution in [3.63, 3.8) is 0 Å². The number of nitrogens with two attached hydrogens (primary N) is 1. The summed E-state index contributed by atoms with van der Waals surface area (Å²) in [5.41, 5.74) is 6.05. The first-order chi connectivity index (χ1) is 8.63. The van der Waals surface area contributed by atoms with E-state index in [1.165, 1.54) is 17.0 Å². The largest absolute Gasteiger partial charge is 0.370 e. The molecule has 18 heavy (non-hydrogen) atoms. The Labute approximate surface area is 104 Å². The number of anilines is 1. The highest BCUT2D eigenvalue weighted by Gasteiger charge is 2.21. The summed E-state index contributed by atoms with van der Waals surface area (Å²) in [7, 11) is 0. The van der Waals surface area contributed by atoms with Crippen LogP contribution < -0.4 is 10.6 Å². The second kappa shape index (κ2) is 4.85. The molecule has 1 aliphatic heterocycles. The maximum absolute atomic E-state index is 11.6. The lowest BCUT2D eigenvalue weighted by molar-refractivity contribution is -0.125. The number of morpholine rings is 1. The highest BCUT2D eigenvalue weighted by molar-refractivity contribution is 5.98. The average Bonchev–Trinajstić information content (AvgIpc) is 2.38. The van der Waals surface area contributed by atoms with E-state index < -0.39 is 5.91 Å². The van der Waals surface area contributed by atoms with E-state index in [1.54, 1.807) is 6.07 Å². The van der Waals surface area contributed by atoms with Crippen LogP contribution in [0, 0.1) is 11.3 Å². The van der Waals surface area contributed by atoms with Crippen LogP contribution in [0.15, 0.2) is 18.2 Å². The Bertz CT molecular complexity index is 548. The number of benzene rings is 1. The zero-order chi connectivity index (χ0) is 13.1.